The molecule has 0 heterocycles. The molecule has 61 valence electrons. The van der Waals surface area contributed by atoms with E-state index in [4.69, 9.17) is 4.84 Å². The number of rotatable bonds is 5. The quantitative estimate of drug-likeness (QED) is 0.595. The minimum Gasteiger partial charge on any atom is -0.296 e. The molecule has 0 saturated heterocycles. The summed E-state index contributed by atoms with van der Waals surface area (Å²) in [6, 6.07) is 0. The Morgan fingerprint density at radius 2 is 2.10 bits per heavy atom. The molecule has 0 aromatic heterocycles. The number of nitrogens with one attached hydrogen (secondary N) is 1. The number of hydroxylamine groups is 1. The van der Waals surface area contributed by atoms with Gasteiger partial charge in [-0.25, -0.2) is 5.48 Å². The molecule has 0 amide bonds. The molecule has 10 heavy (non-hydrogen) atoms. The van der Waals surface area contributed by atoms with Crippen molar-refractivity contribution in [1.82, 2.24) is 5.48 Å². The second kappa shape index (κ2) is 4.69. The van der Waals surface area contributed by atoms with Crippen molar-refractivity contribution in [2.45, 2.75) is 39.2 Å². The Kier molecular flexibility index (Phi) is 4.65. The fourth-order valence-corrected chi connectivity index (χ4v) is 0.899. The van der Waals surface area contributed by atoms with E-state index in [1.54, 1.807) is 0 Å². The Morgan fingerprint density at radius 1 is 1.50 bits per heavy atom. The topological polar surface area (TPSA) is 21.3 Å². The summed E-state index contributed by atoms with van der Waals surface area (Å²) in [5.74, 6) is 0. The minimum absolute atomic E-state index is 0.0492. The molecule has 1 radical (unpaired) electrons. The largest absolute Gasteiger partial charge is 0.296 e. The van der Waals surface area contributed by atoms with Crippen molar-refractivity contribution < 1.29 is 4.84 Å². The molecule has 0 saturated carbocycles. The van der Waals surface area contributed by atoms with E-state index in [0.717, 1.165) is 12.8 Å². The zero-order valence-corrected chi connectivity index (χ0v) is 7.24. The van der Waals surface area contributed by atoms with Crippen LogP contribution in [0.2, 0.25) is 0 Å². The highest BCUT2D eigenvalue weighted by Gasteiger charge is 2.16. The number of hydrogen-bond acceptors (Lipinski definition) is 2. The SMILES string of the molecule is [CH2]CNOC(C)(C)CCC. The van der Waals surface area contributed by atoms with Gasteiger partial charge in [0.1, 0.15) is 0 Å². The van der Waals surface area contributed by atoms with Gasteiger partial charge in [0, 0.05) is 6.54 Å². The smallest absolute Gasteiger partial charge is 0.0840 e. The van der Waals surface area contributed by atoms with E-state index < -0.39 is 0 Å². The van der Waals surface area contributed by atoms with Gasteiger partial charge >= 0.3 is 0 Å². The standard InChI is InChI=1S/C8H18NO/c1-5-7-8(3,4)10-9-6-2/h9H,2,5-7H2,1,3-4H3. The highest BCUT2D eigenvalue weighted by atomic mass is 16.7. The highest BCUT2D eigenvalue weighted by Crippen LogP contribution is 2.13. The van der Waals surface area contributed by atoms with Gasteiger partial charge in [-0.3, -0.25) is 4.84 Å². The summed E-state index contributed by atoms with van der Waals surface area (Å²) < 4.78 is 0. The van der Waals surface area contributed by atoms with Crippen LogP contribution in [0.25, 0.3) is 0 Å². The van der Waals surface area contributed by atoms with Crippen LogP contribution in [-0.2, 0) is 4.84 Å². The van der Waals surface area contributed by atoms with Gasteiger partial charge in [0.15, 0.2) is 0 Å². The van der Waals surface area contributed by atoms with Crippen molar-refractivity contribution >= 4 is 0 Å². The monoisotopic (exact) mass is 144 g/mol. The maximum atomic E-state index is 5.31. The maximum Gasteiger partial charge on any atom is 0.0840 e. The van der Waals surface area contributed by atoms with Crippen LogP contribution in [0.4, 0.5) is 0 Å². The molecule has 0 aromatic carbocycles. The first-order chi connectivity index (χ1) is 4.62. The molecule has 0 spiro atoms. The lowest BCUT2D eigenvalue weighted by atomic mass is 10.0. The molecule has 0 bridgehead atoms. The average molecular weight is 144 g/mol. The van der Waals surface area contributed by atoms with Gasteiger partial charge in [0.25, 0.3) is 0 Å². The molecule has 0 aliphatic rings. The first-order valence-corrected chi connectivity index (χ1v) is 3.82. The van der Waals surface area contributed by atoms with E-state index >= 15 is 0 Å². The third-order valence-corrected chi connectivity index (χ3v) is 1.30. The van der Waals surface area contributed by atoms with Crippen LogP contribution in [0.15, 0.2) is 0 Å². The summed E-state index contributed by atoms with van der Waals surface area (Å²) in [5.41, 5.74) is 2.71. The van der Waals surface area contributed by atoms with E-state index in [9.17, 15) is 0 Å². The molecule has 0 aliphatic heterocycles. The highest BCUT2D eigenvalue weighted by molar-refractivity contribution is 4.65. The first kappa shape index (κ1) is 9.92. The van der Waals surface area contributed by atoms with Crippen LogP contribution in [0.5, 0.6) is 0 Å². The van der Waals surface area contributed by atoms with Crippen molar-refractivity contribution in [3.8, 4) is 0 Å². The Balaban J connectivity index is 3.42. The van der Waals surface area contributed by atoms with Crippen molar-refractivity contribution in [1.29, 1.82) is 0 Å². The predicted molar refractivity (Wildman–Crippen MR) is 43.4 cm³/mol. The van der Waals surface area contributed by atoms with Crippen LogP contribution < -0.4 is 5.48 Å². The van der Waals surface area contributed by atoms with E-state index in [1.807, 2.05) is 0 Å². The molecule has 2 nitrogen and oxygen atoms in total. The van der Waals surface area contributed by atoms with Crippen molar-refractivity contribution in [3.05, 3.63) is 6.92 Å². The van der Waals surface area contributed by atoms with Crippen LogP contribution in [0.3, 0.4) is 0 Å². The lowest BCUT2D eigenvalue weighted by molar-refractivity contribution is -0.0847. The molecule has 0 rings (SSSR count). The minimum atomic E-state index is -0.0492. The fourth-order valence-electron chi connectivity index (χ4n) is 0.899. The van der Waals surface area contributed by atoms with Gasteiger partial charge in [-0.1, -0.05) is 13.3 Å². The Bertz CT molecular complexity index is 81.3. The Hall–Kier alpha value is -0.0800. The summed E-state index contributed by atoms with van der Waals surface area (Å²) in [7, 11) is 0. The van der Waals surface area contributed by atoms with E-state index in [0.29, 0.717) is 6.54 Å². The zero-order valence-electron chi connectivity index (χ0n) is 7.24. The summed E-state index contributed by atoms with van der Waals surface area (Å²) in [6.07, 6.45) is 2.21. The Labute approximate surface area is 63.9 Å². The fraction of sp³-hybridized carbons (Fsp3) is 0.875. The van der Waals surface area contributed by atoms with Crippen molar-refractivity contribution in [2.24, 2.45) is 0 Å². The summed E-state index contributed by atoms with van der Waals surface area (Å²) in [6.45, 7) is 10.5. The molecular weight excluding hydrogens is 126 g/mol. The van der Waals surface area contributed by atoms with Gasteiger partial charge in [-0.15, -0.1) is 0 Å². The third kappa shape index (κ3) is 4.77. The molecular formula is C8H18NO. The van der Waals surface area contributed by atoms with E-state index in [-0.39, 0.29) is 5.60 Å². The molecule has 1 N–H and O–H groups in total. The lowest BCUT2D eigenvalue weighted by Crippen LogP contribution is -2.31. The average Bonchev–Trinajstić information content (AvgIpc) is 1.84. The van der Waals surface area contributed by atoms with Crippen LogP contribution >= 0.6 is 0 Å². The predicted octanol–water partition coefficient (Wildman–Crippen LogP) is 1.92. The van der Waals surface area contributed by atoms with Gasteiger partial charge in [0.05, 0.1) is 5.60 Å². The molecule has 0 aromatic rings. The second-order valence-corrected chi connectivity index (χ2v) is 3.01. The second-order valence-electron chi connectivity index (χ2n) is 3.01. The van der Waals surface area contributed by atoms with Crippen LogP contribution in [0, 0.1) is 6.92 Å². The van der Waals surface area contributed by atoms with Crippen LogP contribution in [0.1, 0.15) is 33.6 Å². The molecule has 0 atom stereocenters. The van der Waals surface area contributed by atoms with Crippen molar-refractivity contribution in [2.75, 3.05) is 6.54 Å². The Morgan fingerprint density at radius 3 is 2.50 bits per heavy atom. The molecule has 0 unspecified atom stereocenters. The molecule has 0 aliphatic carbocycles. The van der Waals surface area contributed by atoms with Gasteiger partial charge < -0.3 is 0 Å². The summed E-state index contributed by atoms with van der Waals surface area (Å²) >= 11 is 0. The number of hydrogen-bond donors (Lipinski definition) is 1. The first-order valence-electron chi connectivity index (χ1n) is 3.82. The third-order valence-electron chi connectivity index (χ3n) is 1.30. The summed E-state index contributed by atoms with van der Waals surface area (Å²) in [4.78, 5) is 5.31. The lowest BCUT2D eigenvalue weighted by Gasteiger charge is -2.23. The molecule has 0 fully saturated rings. The van der Waals surface area contributed by atoms with Crippen molar-refractivity contribution in [3.63, 3.8) is 0 Å². The summed E-state index contributed by atoms with van der Waals surface area (Å²) in [5, 5.41) is 0. The van der Waals surface area contributed by atoms with Gasteiger partial charge in [0.2, 0.25) is 0 Å². The maximum absolute atomic E-state index is 5.31. The molecule has 2 heteroatoms. The zero-order chi connectivity index (χ0) is 8.04. The van der Waals surface area contributed by atoms with E-state index in [1.165, 1.54) is 0 Å². The normalized spacial score (nSPS) is 12.0. The van der Waals surface area contributed by atoms with Gasteiger partial charge in [-0.2, -0.15) is 0 Å². The van der Waals surface area contributed by atoms with Crippen LogP contribution in [-0.4, -0.2) is 12.1 Å². The van der Waals surface area contributed by atoms with E-state index in [2.05, 4.69) is 33.2 Å². The van der Waals surface area contributed by atoms with Gasteiger partial charge in [-0.05, 0) is 27.2 Å².